The molecule has 1 aromatic rings. The Labute approximate surface area is 114 Å². The third-order valence-corrected chi connectivity index (χ3v) is 4.13. The fourth-order valence-electron chi connectivity index (χ4n) is 2.88. The van der Waals surface area contributed by atoms with Gasteiger partial charge in [0.25, 0.3) is 0 Å². The fourth-order valence-corrected chi connectivity index (χ4v) is 2.88. The average Bonchev–Trinajstić information content (AvgIpc) is 2.41. The van der Waals surface area contributed by atoms with Crippen LogP contribution in [0.5, 0.6) is 0 Å². The van der Waals surface area contributed by atoms with E-state index in [-0.39, 0.29) is 11.4 Å². The monoisotopic (exact) mass is 260 g/mol. The van der Waals surface area contributed by atoms with Gasteiger partial charge in [0, 0.05) is 18.7 Å². The number of halogens is 1. The molecule has 2 rings (SSSR count). The van der Waals surface area contributed by atoms with Crippen LogP contribution in [0.4, 0.5) is 4.39 Å². The number of nitrogens with zero attached hydrogens (tertiary/aromatic N) is 1. The predicted molar refractivity (Wildman–Crippen MR) is 74.0 cm³/mol. The Kier molecular flexibility index (Phi) is 4.55. The molecule has 2 nitrogen and oxygen atoms in total. The second kappa shape index (κ2) is 6.16. The van der Waals surface area contributed by atoms with Crippen molar-refractivity contribution >= 4 is 0 Å². The van der Waals surface area contributed by atoms with Crippen molar-refractivity contribution in [2.45, 2.75) is 45.6 Å². The molecule has 1 aromatic carbocycles. The number of benzene rings is 1. The summed E-state index contributed by atoms with van der Waals surface area (Å²) in [7, 11) is 0. The summed E-state index contributed by atoms with van der Waals surface area (Å²) in [6.07, 6.45) is 6.45. The van der Waals surface area contributed by atoms with Gasteiger partial charge in [-0.3, -0.25) is 0 Å². The summed E-state index contributed by atoms with van der Waals surface area (Å²) in [5.41, 5.74) is 1.06. The highest BCUT2D eigenvalue weighted by molar-refractivity contribution is 5.34. The molecule has 0 amide bonds. The van der Waals surface area contributed by atoms with Crippen molar-refractivity contribution in [3.8, 4) is 6.07 Å². The van der Waals surface area contributed by atoms with Gasteiger partial charge in [0.05, 0.1) is 5.56 Å². The third kappa shape index (κ3) is 3.54. The van der Waals surface area contributed by atoms with E-state index in [2.05, 4.69) is 12.2 Å². The van der Waals surface area contributed by atoms with Gasteiger partial charge in [0.15, 0.2) is 0 Å². The van der Waals surface area contributed by atoms with Gasteiger partial charge >= 0.3 is 0 Å². The zero-order valence-electron chi connectivity index (χ0n) is 11.5. The van der Waals surface area contributed by atoms with Gasteiger partial charge in [-0.15, -0.1) is 0 Å². The smallest absolute Gasteiger partial charge is 0.145 e. The quantitative estimate of drug-likeness (QED) is 0.894. The lowest BCUT2D eigenvalue weighted by Gasteiger charge is -2.33. The molecule has 0 bridgehead atoms. The van der Waals surface area contributed by atoms with Crippen LogP contribution in [0.1, 0.15) is 50.2 Å². The first-order valence-electron chi connectivity index (χ1n) is 7.03. The highest BCUT2D eigenvalue weighted by Gasteiger charge is 2.26. The molecule has 0 radical (unpaired) electrons. The zero-order chi connectivity index (χ0) is 13.7. The number of rotatable bonds is 4. The Morgan fingerprint density at radius 2 is 2.05 bits per heavy atom. The van der Waals surface area contributed by atoms with Gasteiger partial charge in [-0.2, -0.15) is 5.26 Å². The maximum absolute atomic E-state index is 13.9. The highest BCUT2D eigenvalue weighted by Crippen LogP contribution is 2.34. The first kappa shape index (κ1) is 14.0. The van der Waals surface area contributed by atoms with Crippen molar-refractivity contribution in [2.75, 3.05) is 6.54 Å². The van der Waals surface area contributed by atoms with E-state index in [0.29, 0.717) is 17.5 Å². The van der Waals surface area contributed by atoms with Crippen LogP contribution in [-0.2, 0) is 6.54 Å². The molecule has 1 aliphatic rings. The van der Waals surface area contributed by atoms with E-state index in [9.17, 15) is 4.39 Å². The summed E-state index contributed by atoms with van der Waals surface area (Å²) >= 11 is 0. The van der Waals surface area contributed by atoms with Crippen LogP contribution in [0.25, 0.3) is 0 Å². The SMILES string of the molecule is CC1(CNCc2cccc(C#N)c2F)CCCCC1. The van der Waals surface area contributed by atoms with Crippen LogP contribution in [0.3, 0.4) is 0 Å². The van der Waals surface area contributed by atoms with Crippen LogP contribution in [0.2, 0.25) is 0 Å². The molecular formula is C16H21FN2. The molecule has 0 unspecified atom stereocenters. The van der Waals surface area contributed by atoms with Crippen molar-refractivity contribution in [3.05, 3.63) is 35.1 Å². The minimum Gasteiger partial charge on any atom is -0.312 e. The van der Waals surface area contributed by atoms with E-state index in [0.717, 1.165) is 6.54 Å². The fraction of sp³-hybridized carbons (Fsp3) is 0.562. The molecule has 1 aliphatic carbocycles. The van der Waals surface area contributed by atoms with Gasteiger partial charge in [-0.25, -0.2) is 4.39 Å². The summed E-state index contributed by atoms with van der Waals surface area (Å²) < 4.78 is 13.9. The molecule has 0 saturated heterocycles. The van der Waals surface area contributed by atoms with Gasteiger partial charge in [-0.05, 0) is 24.3 Å². The second-order valence-electron chi connectivity index (χ2n) is 5.87. The van der Waals surface area contributed by atoms with Crippen LogP contribution >= 0.6 is 0 Å². The van der Waals surface area contributed by atoms with E-state index in [1.54, 1.807) is 12.1 Å². The number of nitriles is 1. The van der Waals surface area contributed by atoms with Crippen molar-refractivity contribution in [1.29, 1.82) is 5.26 Å². The molecule has 1 N–H and O–H groups in total. The van der Waals surface area contributed by atoms with Crippen molar-refractivity contribution in [2.24, 2.45) is 5.41 Å². The number of nitrogens with one attached hydrogen (secondary N) is 1. The van der Waals surface area contributed by atoms with E-state index in [1.807, 2.05) is 6.07 Å². The average molecular weight is 260 g/mol. The zero-order valence-corrected chi connectivity index (χ0v) is 11.5. The standard InChI is InChI=1S/C16H21FN2/c1-16(8-3-2-4-9-16)12-19-11-14-7-5-6-13(10-18)15(14)17/h5-7,19H,2-4,8-9,11-12H2,1H3. The lowest BCUT2D eigenvalue weighted by Crippen LogP contribution is -2.33. The highest BCUT2D eigenvalue weighted by atomic mass is 19.1. The molecule has 0 atom stereocenters. The molecule has 102 valence electrons. The minimum atomic E-state index is -0.383. The van der Waals surface area contributed by atoms with E-state index in [1.165, 1.54) is 38.2 Å². The maximum Gasteiger partial charge on any atom is 0.145 e. The Balaban J connectivity index is 1.91. The van der Waals surface area contributed by atoms with E-state index < -0.39 is 0 Å². The Morgan fingerprint density at radius 1 is 1.32 bits per heavy atom. The Morgan fingerprint density at radius 3 is 2.74 bits per heavy atom. The normalized spacial score (nSPS) is 17.9. The van der Waals surface area contributed by atoms with Crippen molar-refractivity contribution in [3.63, 3.8) is 0 Å². The van der Waals surface area contributed by atoms with Gasteiger partial charge in [0.2, 0.25) is 0 Å². The Hall–Kier alpha value is -1.40. The molecule has 1 saturated carbocycles. The molecule has 0 aromatic heterocycles. The number of hydrogen-bond donors (Lipinski definition) is 1. The molecule has 0 heterocycles. The largest absolute Gasteiger partial charge is 0.312 e. The van der Waals surface area contributed by atoms with Gasteiger partial charge in [-0.1, -0.05) is 38.3 Å². The topological polar surface area (TPSA) is 35.8 Å². The lowest BCUT2D eigenvalue weighted by atomic mass is 9.76. The molecule has 1 fully saturated rings. The second-order valence-corrected chi connectivity index (χ2v) is 5.87. The van der Waals surface area contributed by atoms with Gasteiger partial charge in [0.1, 0.15) is 11.9 Å². The number of hydrogen-bond acceptors (Lipinski definition) is 2. The summed E-state index contributed by atoms with van der Waals surface area (Å²) in [5.74, 6) is -0.383. The third-order valence-electron chi connectivity index (χ3n) is 4.13. The molecular weight excluding hydrogens is 239 g/mol. The van der Waals surface area contributed by atoms with Crippen LogP contribution < -0.4 is 5.32 Å². The first-order chi connectivity index (χ1) is 9.14. The minimum absolute atomic E-state index is 0.128. The molecule has 19 heavy (non-hydrogen) atoms. The van der Waals surface area contributed by atoms with Crippen LogP contribution in [0.15, 0.2) is 18.2 Å². The van der Waals surface area contributed by atoms with Crippen LogP contribution in [-0.4, -0.2) is 6.54 Å². The predicted octanol–water partition coefficient (Wildman–Crippen LogP) is 3.76. The lowest BCUT2D eigenvalue weighted by molar-refractivity contribution is 0.207. The van der Waals surface area contributed by atoms with Crippen molar-refractivity contribution < 1.29 is 4.39 Å². The summed E-state index contributed by atoms with van der Waals surface area (Å²) in [6.45, 7) is 3.72. The first-order valence-corrected chi connectivity index (χ1v) is 7.03. The van der Waals surface area contributed by atoms with Crippen LogP contribution in [0, 0.1) is 22.6 Å². The molecule has 0 aliphatic heterocycles. The summed E-state index contributed by atoms with van der Waals surface area (Å²) in [5, 5.41) is 12.2. The van der Waals surface area contributed by atoms with Crippen molar-refractivity contribution in [1.82, 2.24) is 5.32 Å². The molecule has 3 heteroatoms. The van der Waals surface area contributed by atoms with Gasteiger partial charge < -0.3 is 5.32 Å². The Bertz CT molecular complexity index is 470. The maximum atomic E-state index is 13.9. The summed E-state index contributed by atoms with van der Waals surface area (Å²) in [6, 6.07) is 6.87. The molecule has 0 spiro atoms. The summed E-state index contributed by atoms with van der Waals surface area (Å²) in [4.78, 5) is 0. The van der Waals surface area contributed by atoms with E-state index >= 15 is 0 Å². The van der Waals surface area contributed by atoms with E-state index in [4.69, 9.17) is 5.26 Å².